The molecule has 0 aliphatic carbocycles. The number of halogens is 2. The van der Waals surface area contributed by atoms with Crippen LogP contribution >= 0.6 is 11.6 Å². The summed E-state index contributed by atoms with van der Waals surface area (Å²) in [5.41, 5.74) is 0.196. The van der Waals surface area contributed by atoms with Gasteiger partial charge in [-0.3, -0.25) is 4.79 Å². The lowest BCUT2D eigenvalue weighted by Gasteiger charge is -2.24. The number of carbonyl (C=O) groups is 1. The Kier molecular flexibility index (Phi) is 3.45. The van der Waals surface area contributed by atoms with Crippen LogP contribution in [0.1, 0.15) is 19.4 Å². The van der Waals surface area contributed by atoms with E-state index >= 15 is 0 Å². The van der Waals surface area contributed by atoms with Gasteiger partial charge in [0.05, 0.1) is 5.56 Å². The van der Waals surface area contributed by atoms with E-state index in [1.54, 1.807) is 31.2 Å². The minimum atomic E-state index is -1.37. The Morgan fingerprint density at radius 1 is 1.27 bits per heavy atom. The maximum absolute atomic E-state index is 14.2. The van der Waals surface area contributed by atoms with E-state index in [0.717, 1.165) is 0 Å². The first-order chi connectivity index (χ1) is 10.4. The van der Waals surface area contributed by atoms with E-state index in [9.17, 15) is 9.18 Å². The van der Waals surface area contributed by atoms with Crippen molar-refractivity contribution in [1.82, 2.24) is 0 Å². The van der Waals surface area contributed by atoms with Crippen molar-refractivity contribution in [2.24, 2.45) is 0 Å². The first-order valence-electron chi connectivity index (χ1n) is 6.54. The average molecular weight is 323 g/mol. The van der Waals surface area contributed by atoms with E-state index in [0.29, 0.717) is 5.75 Å². The summed E-state index contributed by atoms with van der Waals surface area (Å²) < 4.78 is 30.7. The molecular formula is C16H12ClFO4. The molecular weight excluding hydrogens is 311 g/mol. The monoisotopic (exact) mass is 322 g/mol. The molecule has 3 rings (SSSR count). The molecule has 1 heterocycles. The van der Waals surface area contributed by atoms with Crippen LogP contribution in [0.15, 0.2) is 36.4 Å². The van der Waals surface area contributed by atoms with Crippen molar-refractivity contribution in [2.75, 3.05) is 0 Å². The number of fused-ring (bicyclic) bond motifs is 1. The van der Waals surface area contributed by atoms with Crippen molar-refractivity contribution in [1.29, 1.82) is 0 Å². The molecule has 0 unspecified atom stereocenters. The highest BCUT2D eigenvalue weighted by Gasteiger charge is 2.42. The van der Waals surface area contributed by atoms with Gasteiger partial charge in [-0.1, -0.05) is 17.7 Å². The summed E-state index contributed by atoms with van der Waals surface area (Å²) in [4.78, 5) is 11.1. The highest BCUT2D eigenvalue weighted by molar-refractivity contribution is 6.30. The number of benzene rings is 2. The molecule has 0 aromatic heterocycles. The summed E-state index contributed by atoms with van der Waals surface area (Å²) in [5.74, 6) is -1.54. The number of esters is 1. The van der Waals surface area contributed by atoms with Crippen LogP contribution in [0, 0.1) is 5.82 Å². The van der Waals surface area contributed by atoms with Gasteiger partial charge >= 0.3 is 5.97 Å². The molecule has 22 heavy (non-hydrogen) atoms. The Bertz CT molecular complexity index is 762. The lowest BCUT2D eigenvalue weighted by atomic mass is 10.1. The molecule has 0 radical (unpaired) electrons. The molecule has 0 bridgehead atoms. The molecule has 0 N–H and O–H groups in total. The van der Waals surface area contributed by atoms with Crippen LogP contribution in [0.5, 0.6) is 17.2 Å². The lowest BCUT2D eigenvalue weighted by molar-refractivity contribution is -0.132. The second-order valence-corrected chi connectivity index (χ2v) is 5.39. The molecule has 2 aromatic carbocycles. The van der Waals surface area contributed by atoms with Crippen molar-refractivity contribution in [3.05, 3.63) is 52.8 Å². The summed E-state index contributed by atoms with van der Waals surface area (Å²) in [6.07, 6.45) is 0. The number of hydrogen-bond donors (Lipinski definition) is 0. The fourth-order valence-electron chi connectivity index (χ4n) is 2.31. The molecule has 1 aliphatic rings. The molecule has 1 atom stereocenters. The van der Waals surface area contributed by atoms with Gasteiger partial charge in [0, 0.05) is 18.9 Å². The molecule has 1 aliphatic heterocycles. The first-order valence-corrected chi connectivity index (χ1v) is 6.92. The van der Waals surface area contributed by atoms with Crippen molar-refractivity contribution >= 4 is 17.6 Å². The second-order valence-electron chi connectivity index (χ2n) is 4.95. The number of rotatable bonds is 2. The van der Waals surface area contributed by atoms with Crippen LogP contribution in [0.2, 0.25) is 5.02 Å². The predicted octanol–water partition coefficient (Wildman–Crippen LogP) is 4.05. The maximum Gasteiger partial charge on any atom is 0.308 e. The Labute approximate surface area is 131 Å². The number of hydrogen-bond acceptors (Lipinski definition) is 4. The van der Waals surface area contributed by atoms with Gasteiger partial charge in [0.1, 0.15) is 5.82 Å². The molecule has 0 saturated heterocycles. The van der Waals surface area contributed by atoms with Gasteiger partial charge in [-0.05, 0) is 30.3 Å². The Hall–Kier alpha value is -2.27. The zero-order chi connectivity index (χ0) is 15.9. The predicted molar refractivity (Wildman–Crippen MR) is 77.8 cm³/mol. The SMILES string of the molecule is CC(=O)Oc1cccc2c1O[C@](C)(c1ccc(Cl)cc1F)O2. The molecule has 2 aromatic rings. The van der Waals surface area contributed by atoms with E-state index in [4.69, 9.17) is 25.8 Å². The summed E-state index contributed by atoms with van der Waals surface area (Å²) in [7, 11) is 0. The van der Waals surface area contributed by atoms with Crippen LogP contribution in [-0.2, 0) is 10.6 Å². The van der Waals surface area contributed by atoms with Crippen molar-refractivity contribution in [2.45, 2.75) is 19.6 Å². The average Bonchev–Trinajstić information content (AvgIpc) is 2.76. The maximum atomic E-state index is 14.2. The van der Waals surface area contributed by atoms with Gasteiger partial charge in [0.25, 0.3) is 5.79 Å². The van der Waals surface area contributed by atoms with E-state index in [-0.39, 0.29) is 22.1 Å². The highest BCUT2D eigenvalue weighted by atomic mass is 35.5. The van der Waals surface area contributed by atoms with Gasteiger partial charge < -0.3 is 14.2 Å². The Morgan fingerprint density at radius 2 is 2.05 bits per heavy atom. The molecule has 0 spiro atoms. The molecule has 0 amide bonds. The fourth-order valence-corrected chi connectivity index (χ4v) is 2.46. The Morgan fingerprint density at radius 3 is 2.73 bits per heavy atom. The van der Waals surface area contributed by atoms with E-state index in [1.807, 2.05) is 0 Å². The van der Waals surface area contributed by atoms with Crippen molar-refractivity contribution in [3.63, 3.8) is 0 Å². The van der Waals surface area contributed by atoms with Crippen LogP contribution < -0.4 is 14.2 Å². The fraction of sp³-hybridized carbons (Fsp3) is 0.188. The summed E-state index contributed by atoms with van der Waals surface area (Å²) >= 11 is 5.76. The van der Waals surface area contributed by atoms with Crippen LogP contribution in [0.3, 0.4) is 0 Å². The normalized spacial score (nSPS) is 19.1. The Balaban J connectivity index is 2.01. The molecule has 6 heteroatoms. The summed E-state index contributed by atoms with van der Waals surface area (Å²) in [6, 6.07) is 9.12. The second kappa shape index (κ2) is 5.18. The third kappa shape index (κ3) is 2.48. The minimum absolute atomic E-state index is 0.196. The van der Waals surface area contributed by atoms with E-state index in [2.05, 4.69) is 0 Å². The lowest BCUT2D eigenvalue weighted by Crippen LogP contribution is -2.32. The zero-order valence-electron chi connectivity index (χ0n) is 11.9. The smallest absolute Gasteiger partial charge is 0.308 e. The number of para-hydroxylation sites is 1. The third-order valence-electron chi connectivity index (χ3n) is 3.22. The van der Waals surface area contributed by atoms with Gasteiger partial charge in [0.15, 0.2) is 11.5 Å². The number of ether oxygens (including phenoxy) is 3. The van der Waals surface area contributed by atoms with Gasteiger partial charge in [-0.15, -0.1) is 0 Å². The third-order valence-corrected chi connectivity index (χ3v) is 3.45. The quantitative estimate of drug-likeness (QED) is 0.618. The van der Waals surface area contributed by atoms with Crippen LogP contribution in [0.4, 0.5) is 4.39 Å². The molecule has 0 fully saturated rings. The number of carbonyl (C=O) groups excluding carboxylic acids is 1. The van der Waals surface area contributed by atoms with Crippen molar-refractivity contribution < 1.29 is 23.4 Å². The summed E-state index contributed by atoms with van der Waals surface area (Å²) in [5, 5.41) is 0.279. The van der Waals surface area contributed by atoms with Crippen LogP contribution in [0.25, 0.3) is 0 Å². The largest absolute Gasteiger partial charge is 0.444 e. The highest BCUT2D eigenvalue weighted by Crippen LogP contribution is 2.49. The molecule has 114 valence electrons. The minimum Gasteiger partial charge on any atom is -0.444 e. The zero-order valence-corrected chi connectivity index (χ0v) is 12.6. The molecule has 4 nitrogen and oxygen atoms in total. The summed E-state index contributed by atoms with van der Waals surface area (Å²) in [6.45, 7) is 2.87. The standard InChI is InChI=1S/C16H12ClFO4/c1-9(19)20-13-4-3-5-14-15(13)22-16(2,21-14)11-7-6-10(17)8-12(11)18/h3-8H,1-2H3/t16-/m1/s1. The van der Waals surface area contributed by atoms with Gasteiger partial charge in [-0.2, -0.15) is 0 Å². The van der Waals surface area contributed by atoms with E-state index in [1.165, 1.54) is 19.1 Å². The molecule has 0 saturated carbocycles. The van der Waals surface area contributed by atoms with Gasteiger partial charge in [0.2, 0.25) is 5.75 Å². The van der Waals surface area contributed by atoms with Crippen LogP contribution in [-0.4, -0.2) is 5.97 Å². The van der Waals surface area contributed by atoms with Crippen molar-refractivity contribution in [3.8, 4) is 17.2 Å². The topological polar surface area (TPSA) is 44.8 Å². The van der Waals surface area contributed by atoms with E-state index < -0.39 is 17.6 Å². The first kappa shape index (κ1) is 14.7. The van der Waals surface area contributed by atoms with Gasteiger partial charge in [-0.25, -0.2) is 4.39 Å².